The number of nitrogens with two attached hydrogens (primary N) is 1. The second kappa shape index (κ2) is 5.69. The number of fused-ring (bicyclic) bond motifs is 1. The van der Waals surface area contributed by atoms with Crippen molar-refractivity contribution >= 4 is 17.0 Å². The Kier molecular flexibility index (Phi) is 4.14. The maximum atomic E-state index is 12.5. The molecule has 1 aromatic heterocycles. The zero-order chi connectivity index (χ0) is 15.6. The molecule has 5 nitrogen and oxygen atoms in total. The van der Waals surface area contributed by atoms with Gasteiger partial charge in [0.15, 0.2) is 0 Å². The van der Waals surface area contributed by atoms with Crippen LogP contribution in [0.3, 0.4) is 0 Å². The molecule has 1 aromatic carbocycles. The molecule has 0 aliphatic rings. The fourth-order valence-electron chi connectivity index (χ4n) is 2.14. The topological polar surface area (TPSA) is 74.3 Å². The monoisotopic (exact) mass is 288 g/mol. The first kappa shape index (κ1) is 15.3. The van der Waals surface area contributed by atoms with Crippen LogP contribution in [0.2, 0.25) is 0 Å². The maximum Gasteiger partial charge on any atom is 0.422 e. The van der Waals surface area contributed by atoms with Crippen molar-refractivity contribution in [2.75, 3.05) is 6.54 Å². The highest BCUT2D eigenvalue weighted by Gasteiger charge is 2.21. The van der Waals surface area contributed by atoms with E-state index in [1.165, 1.54) is 0 Å². The zero-order valence-electron chi connectivity index (χ0n) is 12.6. The van der Waals surface area contributed by atoms with Crippen LogP contribution in [0.15, 0.2) is 35.1 Å². The first-order valence-corrected chi connectivity index (χ1v) is 6.90. The van der Waals surface area contributed by atoms with Gasteiger partial charge in [-0.05, 0) is 51.3 Å². The SMILES string of the molecule is CC(C)(C)OC(=O)n1c(=O)c(CCN)cc2ccccc21. The maximum absolute atomic E-state index is 12.5. The number of para-hydroxylation sites is 1. The van der Waals surface area contributed by atoms with E-state index in [0.717, 1.165) is 9.95 Å². The molecule has 0 saturated carbocycles. The van der Waals surface area contributed by atoms with Gasteiger partial charge < -0.3 is 10.5 Å². The first-order valence-electron chi connectivity index (χ1n) is 6.90. The van der Waals surface area contributed by atoms with Gasteiger partial charge in [-0.2, -0.15) is 0 Å². The number of pyridine rings is 1. The van der Waals surface area contributed by atoms with Gasteiger partial charge in [-0.15, -0.1) is 0 Å². The van der Waals surface area contributed by atoms with E-state index in [1.54, 1.807) is 39.0 Å². The summed E-state index contributed by atoms with van der Waals surface area (Å²) in [6.07, 6.45) is -0.241. The average Bonchev–Trinajstić information content (AvgIpc) is 2.37. The van der Waals surface area contributed by atoms with Crippen LogP contribution in [-0.4, -0.2) is 22.8 Å². The molecule has 0 saturated heterocycles. The van der Waals surface area contributed by atoms with Crippen molar-refractivity contribution in [2.45, 2.75) is 32.8 Å². The minimum atomic E-state index is -0.665. The molecule has 2 rings (SSSR count). The van der Waals surface area contributed by atoms with E-state index < -0.39 is 11.7 Å². The summed E-state index contributed by atoms with van der Waals surface area (Å²) >= 11 is 0. The average molecular weight is 288 g/mol. The van der Waals surface area contributed by atoms with Crippen molar-refractivity contribution in [3.05, 3.63) is 46.2 Å². The molecule has 0 bridgehead atoms. The summed E-state index contributed by atoms with van der Waals surface area (Å²) in [6, 6.07) is 9.01. The number of aromatic nitrogens is 1. The lowest BCUT2D eigenvalue weighted by molar-refractivity contribution is 0.0538. The number of hydrogen-bond acceptors (Lipinski definition) is 4. The van der Waals surface area contributed by atoms with E-state index >= 15 is 0 Å². The third-order valence-electron chi connectivity index (χ3n) is 2.97. The molecule has 1 heterocycles. The van der Waals surface area contributed by atoms with Crippen LogP contribution < -0.4 is 11.3 Å². The predicted octanol–water partition coefficient (Wildman–Crippen LogP) is 2.29. The standard InChI is InChI=1S/C16H20N2O3/c1-16(2,3)21-15(20)18-13-7-5-4-6-11(13)10-12(8-9-17)14(18)19/h4-7,10H,8-9,17H2,1-3H3. The van der Waals surface area contributed by atoms with Crippen LogP contribution in [0.25, 0.3) is 10.9 Å². The Morgan fingerprint density at radius 2 is 1.95 bits per heavy atom. The van der Waals surface area contributed by atoms with Gasteiger partial charge in [0.2, 0.25) is 0 Å². The molecule has 2 aromatic rings. The normalized spacial score (nSPS) is 11.6. The minimum Gasteiger partial charge on any atom is -0.443 e. The largest absolute Gasteiger partial charge is 0.443 e. The summed E-state index contributed by atoms with van der Waals surface area (Å²) in [6.45, 7) is 5.65. The Morgan fingerprint density at radius 3 is 2.57 bits per heavy atom. The van der Waals surface area contributed by atoms with Crippen molar-refractivity contribution in [2.24, 2.45) is 5.73 Å². The van der Waals surface area contributed by atoms with Gasteiger partial charge in [0.1, 0.15) is 5.60 Å². The lowest BCUT2D eigenvalue weighted by atomic mass is 10.1. The molecule has 0 fully saturated rings. The van der Waals surface area contributed by atoms with Crippen molar-refractivity contribution in [1.29, 1.82) is 0 Å². The molecular weight excluding hydrogens is 268 g/mol. The Bertz CT molecular complexity index is 726. The predicted molar refractivity (Wildman–Crippen MR) is 82.6 cm³/mol. The van der Waals surface area contributed by atoms with E-state index in [2.05, 4.69) is 0 Å². The van der Waals surface area contributed by atoms with Crippen molar-refractivity contribution in [3.8, 4) is 0 Å². The Balaban J connectivity index is 2.67. The second-order valence-corrected chi connectivity index (χ2v) is 5.89. The molecule has 112 valence electrons. The summed E-state index contributed by atoms with van der Waals surface area (Å²) in [5.74, 6) is 0. The van der Waals surface area contributed by atoms with Gasteiger partial charge in [0.05, 0.1) is 5.52 Å². The number of nitrogens with zero attached hydrogens (tertiary/aromatic N) is 1. The number of benzene rings is 1. The quantitative estimate of drug-likeness (QED) is 0.920. The van der Waals surface area contributed by atoms with Crippen LogP contribution in [-0.2, 0) is 11.2 Å². The van der Waals surface area contributed by atoms with Gasteiger partial charge >= 0.3 is 6.09 Å². The second-order valence-electron chi connectivity index (χ2n) is 5.89. The van der Waals surface area contributed by atoms with E-state index in [1.807, 2.05) is 12.1 Å². The van der Waals surface area contributed by atoms with Crippen molar-refractivity contribution in [1.82, 2.24) is 4.57 Å². The van der Waals surface area contributed by atoms with Crippen LogP contribution in [0.1, 0.15) is 26.3 Å². The van der Waals surface area contributed by atoms with Gasteiger partial charge in [0.25, 0.3) is 5.56 Å². The fourth-order valence-corrected chi connectivity index (χ4v) is 2.14. The van der Waals surface area contributed by atoms with Crippen LogP contribution in [0.5, 0.6) is 0 Å². The highest BCUT2D eigenvalue weighted by atomic mass is 16.6. The Hall–Kier alpha value is -2.14. The van der Waals surface area contributed by atoms with Crippen LogP contribution in [0, 0.1) is 0 Å². The molecule has 2 N–H and O–H groups in total. The molecule has 21 heavy (non-hydrogen) atoms. The molecule has 0 unspecified atom stereocenters. The fraction of sp³-hybridized carbons (Fsp3) is 0.375. The van der Waals surface area contributed by atoms with Gasteiger partial charge in [-0.1, -0.05) is 18.2 Å². The van der Waals surface area contributed by atoms with Crippen LogP contribution in [0.4, 0.5) is 4.79 Å². The zero-order valence-corrected chi connectivity index (χ0v) is 12.6. The summed E-state index contributed by atoms with van der Waals surface area (Å²) < 4.78 is 6.43. The summed E-state index contributed by atoms with van der Waals surface area (Å²) in [4.78, 5) is 24.9. The van der Waals surface area contributed by atoms with Gasteiger partial charge in [-0.3, -0.25) is 4.79 Å². The lowest BCUT2D eigenvalue weighted by Crippen LogP contribution is -2.35. The molecule has 5 heteroatoms. The first-order chi connectivity index (χ1) is 9.83. The van der Waals surface area contributed by atoms with E-state index in [0.29, 0.717) is 24.0 Å². The number of carbonyl (C=O) groups excluding carboxylic acids is 1. The van der Waals surface area contributed by atoms with E-state index in [4.69, 9.17) is 10.5 Å². The molecule has 0 atom stereocenters. The number of ether oxygens (including phenoxy) is 1. The van der Waals surface area contributed by atoms with Crippen molar-refractivity contribution < 1.29 is 9.53 Å². The summed E-state index contributed by atoms with van der Waals surface area (Å²) in [5.41, 5.74) is 5.56. The van der Waals surface area contributed by atoms with Gasteiger partial charge in [-0.25, -0.2) is 9.36 Å². The summed E-state index contributed by atoms with van der Waals surface area (Å²) in [5, 5.41) is 0.811. The third kappa shape index (κ3) is 3.31. The smallest absolute Gasteiger partial charge is 0.422 e. The Labute approximate surface area is 123 Å². The summed E-state index contributed by atoms with van der Waals surface area (Å²) in [7, 11) is 0. The molecule has 0 aliphatic heterocycles. The molecule has 0 radical (unpaired) electrons. The minimum absolute atomic E-state index is 0.349. The number of carbonyl (C=O) groups is 1. The van der Waals surface area contributed by atoms with Crippen LogP contribution >= 0.6 is 0 Å². The third-order valence-corrected chi connectivity index (χ3v) is 2.97. The molecular formula is C16H20N2O3. The number of rotatable bonds is 2. The van der Waals surface area contributed by atoms with E-state index in [9.17, 15) is 9.59 Å². The molecule has 0 amide bonds. The number of hydrogen-bond donors (Lipinski definition) is 1. The van der Waals surface area contributed by atoms with E-state index in [-0.39, 0.29) is 5.56 Å². The lowest BCUT2D eigenvalue weighted by Gasteiger charge is -2.21. The molecule has 0 spiro atoms. The highest BCUT2D eigenvalue weighted by Crippen LogP contribution is 2.16. The van der Waals surface area contributed by atoms with Gasteiger partial charge in [0, 0.05) is 5.56 Å². The molecule has 0 aliphatic carbocycles. The highest BCUT2D eigenvalue weighted by molar-refractivity contribution is 5.88. The Morgan fingerprint density at radius 1 is 1.29 bits per heavy atom. The van der Waals surface area contributed by atoms with Crippen molar-refractivity contribution in [3.63, 3.8) is 0 Å².